The molecule has 0 atom stereocenters. The van der Waals surface area contributed by atoms with Crippen LogP contribution in [0.4, 0.5) is 0 Å². The van der Waals surface area contributed by atoms with E-state index in [9.17, 15) is 4.79 Å². The molecular weight excluding hydrogens is 304 g/mol. The first-order valence-corrected chi connectivity index (χ1v) is 10.1. The van der Waals surface area contributed by atoms with Crippen LogP contribution in [0.25, 0.3) is 0 Å². The maximum absolute atomic E-state index is 12.6. The maximum atomic E-state index is 12.6. The highest BCUT2D eigenvalue weighted by molar-refractivity contribution is 7.10. The van der Waals surface area contributed by atoms with Crippen LogP contribution in [0.15, 0.2) is 10.5 Å². The number of aryl methyl sites for hydroxylation is 1. The highest BCUT2D eigenvalue weighted by Crippen LogP contribution is 2.52. The molecule has 5 aliphatic carbocycles. The van der Waals surface area contributed by atoms with Gasteiger partial charge < -0.3 is 0 Å². The number of carbonyl (C=O) groups is 1. The Morgan fingerprint density at radius 1 is 1.04 bits per heavy atom. The molecule has 1 heterocycles. The third-order valence-corrected chi connectivity index (χ3v) is 7.66. The summed E-state index contributed by atoms with van der Waals surface area (Å²) in [6, 6.07) is 0. The minimum Gasteiger partial charge on any atom is -0.267 e. The van der Waals surface area contributed by atoms with E-state index in [0.717, 1.165) is 30.2 Å². The number of rotatable bonds is 2. The van der Waals surface area contributed by atoms with E-state index in [0.29, 0.717) is 11.8 Å². The van der Waals surface area contributed by atoms with Gasteiger partial charge >= 0.3 is 0 Å². The molecule has 4 fully saturated rings. The Kier molecular flexibility index (Phi) is 3.36. The third-order valence-electron chi connectivity index (χ3n) is 6.57. The number of nitrogens with zero attached hydrogens (tertiary/aromatic N) is 1. The summed E-state index contributed by atoms with van der Waals surface area (Å²) in [4.78, 5) is 14.0. The number of nitrogens with one attached hydrogen (secondary N) is 1. The van der Waals surface area contributed by atoms with E-state index in [-0.39, 0.29) is 5.91 Å². The summed E-state index contributed by atoms with van der Waals surface area (Å²) < 4.78 is 0. The topological polar surface area (TPSA) is 41.5 Å². The molecule has 0 aromatic carbocycles. The van der Waals surface area contributed by atoms with Gasteiger partial charge in [0.25, 0.3) is 5.91 Å². The standard InChI is InChI=1S/C19H24N2OS/c22-19(16-10-23-17-4-2-1-3-15(16)17)21-20-18-13-6-11-5-12(8-13)9-14(18)7-11/h10-14H,1-9H2,(H,21,22). The SMILES string of the molecule is O=C(NN=C1C2CC3CC(C2)CC1C3)c1csc2c1CCCC2. The van der Waals surface area contributed by atoms with Gasteiger partial charge in [0.2, 0.25) is 0 Å². The molecule has 0 saturated heterocycles. The van der Waals surface area contributed by atoms with Gasteiger partial charge in [-0.15, -0.1) is 11.3 Å². The van der Waals surface area contributed by atoms with Gasteiger partial charge in [0.05, 0.1) is 5.56 Å². The molecule has 4 heteroatoms. The van der Waals surface area contributed by atoms with Crippen LogP contribution < -0.4 is 5.43 Å². The molecule has 3 nitrogen and oxygen atoms in total. The lowest BCUT2D eigenvalue weighted by Gasteiger charge is -2.50. The molecule has 0 radical (unpaired) electrons. The molecule has 1 aromatic rings. The predicted octanol–water partition coefficient (Wildman–Crippen LogP) is 4.17. The van der Waals surface area contributed by atoms with Crippen LogP contribution in [0.1, 0.15) is 65.7 Å². The van der Waals surface area contributed by atoms with Gasteiger partial charge in [0.1, 0.15) is 0 Å². The van der Waals surface area contributed by atoms with Crippen LogP contribution in [0.2, 0.25) is 0 Å². The number of carbonyl (C=O) groups excluding carboxylic acids is 1. The van der Waals surface area contributed by atoms with E-state index in [4.69, 9.17) is 0 Å². The minimum atomic E-state index is 0.0192. The molecule has 23 heavy (non-hydrogen) atoms. The lowest BCUT2D eigenvalue weighted by Crippen LogP contribution is -2.46. The van der Waals surface area contributed by atoms with Crippen LogP contribution in [0.3, 0.4) is 0 Å². The molecule has 0 aliphatic heterocycles. The average Bonchev–Trinajstić information content (AvgIpc) is 2.97. The van der Waals surface area contributed by atoms with Gasteiger partial charge in [-0.25, -0.2) is 5.43 Å². The van der Waals surface area contributed by atoms with Crippen LogP contribution in [-0.4, -0.2) is 11.6 Å². The van der Waals surface area contributed by atoms with E-state index in [2.05, 4.69) is 10.5 Å². The van der Waals surface area contributed by atoms with Crippen molar-refractivity contribution in [3.8, 4) is 0 Å². The lowest BCUT2D eigenvalue weighted by molar-refractivity contribution is 0.0942. The Labute approximate surface area is 141 Å². The highest BCUT2D eigenvalue weighted by Gasteiger charge is 2.46. The van der Waals surface area contributed by atoms with Crippen LogP contribution in [0, 0.1) is 23.7 Å². The zero-order valence-corrected chi connectivity index (χ0v) is 14.3. The molecule has 0 unspecified atom stereocenters. The van der Waals surface area contributed by atoms with Gasteiger partial charge in [0.15, 0.2) is 0 Å². The Morgan fingerprint density at radius 2 is 1.74 bits per heavy atom. The summed E-state index contributed by atoms with van der Waals surface area (Å²) in [6.45, 7) is 0. The van der Waals surface area contributed by atoms with Crippen molar-refractivity contribution in [3.63, 3.8) is 0 Å². The number of hydrogen-bond donors (Lipinski definition) is 1. The quantitative estimate of drug-likeness (QED) is 0.813. The van der Waals surface area contributed by atoms with Crippen molar-refractivity contribution in [2.75, 3.05) is 0 Å². The molecule has 122 valence electrons. The average molecular weight is 328 g/mol. The fourth-order valence-electron chi connectivity index (χ4n) is 5.71. The van der Waals surface area contributed by atoms with Crippen molar-refractivity contribution in [3.05, 3.63) is 21.4 Å². The van der Waals surface area contributed by atoms with E-state index in [1.807, 2.05) is 5.38 Å². The molecule has 4 bridgehead atoms. The first-order valence-electron chi connectivity index (χ1n) is 9.25. The first-order chi connectivity index (χ1) is 11.3. The fourth-order valence-corrected chi connectivity index (χ4v) is 6.84. The summed E-state index contributed by atoms with van der Waals surface area (Å²) in [5.74, 6) is 3.21. The lowest BCUT2D eigenvalue weighted by atomic mass is 9.55. The molecule has 4 saturated carbocycles. The second kappa shape index (κ2) is 5.44. The first kappa shape index (κ1) is 14.2. The van der Waals surface area contributed by atoms with E-state index >= 15 is 0 Å². The van der Waals surface area contributed by atoms with Crippen molar-refractivity contribution < 1.29 is 4.79 Å². The Balaban J connectivity index is 1.34. The third kappa shape index (κ3) is 2.37. The monoisotopic (exact) mass is 328 g/mol. The van der Waals surface area contributed by atoms with E-state index in [1.165, 1.54) is 61.1 Å². The van der Waals surface area contributed by atoms with Crippen molar-refractivity contribution in [1.29, 1.82) is 0 Å². The molecule has 1 aromatic heterocycles. The summed E-state index contributed by atoms with van der Waals surface area (Å²) >= 11 is 1.76. The number of thiophene rings is 1. The van der Waals surface area contributed by atoms with Gasteiger partial charge in [-0.1, -0.05) is 0 Å². The zero-order valence-electron chi connectivity index (χ0n) is 13.5. The van der Waals surface area contributed by atoms with Crippen LogP contribution >= 0.6 is 11.3 Å². The normalized spacial score (nSPS) is 34.3. The van der Waals surface area contributed by atoms with E-state index in [1.54, 1.807) is 11.3 Å². The highest BCUT2D eigenvalue weighted by atomic mass is 32.1. The fraction of sp³-hybridized carbons (Fsp3) is 0.684. The summed E-state index contributed by atoms with van der Waals surface area (Å²) in [5.41, 5.74) is 6.42. The number of fused-ring (bicyclic) bond motifs is 1. The Bertz CT molecular complexity index is 645. The van der Waals surface area contributed by atoms with Crippen LogP contribution in [-0.2, 0) is 12.8 Å². The second-order valence-electron chi connectivity index (χ2n) is 8.04. The van der Waals surface area contributed by atoms with Gasteiger partial charge in [-0.05, 0) is 87.0 Å². The van der Waals surface area contributed by atoms with E-state index < -0.39 is 0 Å². The maximum Gasteiger partial charge on any atom is 0.272 e. The van der Waals surface area contributed by atoms with Crippen molar-refractivity contribution in [2.45, 2.75) is 57.8 Å². The Morgan fingerprint density at radius 3 is 2.48 bits per heavy atom. The largest absolute Gasteiger partial charge is 0.272 e. The Hall–Kier alpha value is -1.16. The van der Waals surface area contributed by atoms with Gasteiger partial charge in [-0.2, -0.15) is 5.10 Å². The molecule has 1 N–H and O–H groups in total. The van der Waals surface area contributed by atoms with Gasteiger partial charge in [-0.3, -0.25) is 4.79 Å². The summed E-state index contributed by atoms with van der Waals surface area (Å²) in [7, 11) is 0. The second-order valence-corrected chi connectivity index (χ2v) is 9.00. The van der Waals surface area contributed by atoms with Gasteiger partial charge in [0, 0.05) is 16.0 Å². The summed E-state index contributed by atoms with van der Waals surface area (Å²) in [5, 5.41) is 6.69. The number of amides is 1. The molecule has 6 rings (SSSR count). The number of hydrazone groups is 1. The van der Waals surface area contributed by atoms with Crippen molar-refractivity contribution >= 4 is 23.0 Å². The number of hydrogen-bond acceptors (Lipinski definition) is 3. The molecular formula is C19H24N2OS. The van der Waals surface area contributed by atoms with Crippen molar-refractivity contribution in [2.24, 2.45) is 28.8 Å². The van der Waals surface area contributed by atoms with Crippen molar-refractivity contribution in [1.82, 2.24) is 5.43 Å². The predicted molar refractivity (Wildman–Crippen MR) is 92.9 cm³/mol. The van der Waals surface area contributed by atoms with Crippen LogP contribution in [0.5, 0.6) is 0 Å². The molecule has 1 amide bonds. The smallest absolute Gasteiger partial charge is 0.267 e. The minimum absolute atomic E-state index is 0.0192. The zero-order chi connectivity index (χ0) is 15.4. The summed E-state index contributed by atoms with van der Waals surface area (Å²) in [6.07, 6.45) is 11.4. The molecule has 0 spiro atoms. The molecule has 5 aliphatic rings.